The molecule has 0 aliphatic carbocycles. The van der Waals surface area contributed by atoms with Crippen LogP contribution in [0.15, 0.2) is 60.8 Å². The zero-order chi connectivity index (χ0) is 18.5. The van der Waals surface area contributed by atoms with Crippen LogP contribution in [0.3, 0.4) is 0 Å². The number of nitrogens with one attached hydrogen (secondary N) is 1. The molecule has 0 radical (unpaired) electrons. The maximum absolute atomic E-state index is 12.5. The van der Waals surface area contributed by atoms with Crippen molar-refractivity contribution in [3.63, 3.8) is 0 Å². The monoisotopic (exact) mass is 346 g/mol. The molecule has 0 aliphatic rings. The largest absolute Gasteiger partial charge is 0.489 e. The summed E-state index contributed by atoms with van der Waals surface area (Å²) in [6.45, 7) is 6.44. The van der Waals surface area contributed by atoms with Crippen LogP contribution in [0.1, 0.15) is 32.7 Å². The third kappa shape index (κ3) is 4.09. The van der Waals surface area contributed by atoms with Gasteiger partial charge in [-0.05, 0) is 68.3 Å². The zero-order valence-corrected chi connectivity index (χ0v) is 15.2. The fourth-order valence-corrected chi connectivity index (χ4v) is 2.61. The number of hydrogen-bond donors (Lipinski definition) is 1. The van der Waals surface area contributed by atoms with Crippen molar-refractivity contribution in [3.8, 4) is 5.75 Å². The van der Waals surface area contributed by atoms with E-state index in [0.717, 1.165) is 33.8 Å². The van der Waals surface area contributed by atoms with Gasteiger partial charge >= 0.3 is 0 Å². The Kier molecular flexibility index (Phi) is 5.32. The summed E-state index contributed by atoms with van der Waals surface area (Å²) < 4.78 is 5.79. The number of aryl methyl sites for hydroxylation is 2. The van der Waals surface area contributed by atoms with Gasteiger partial charge in [-0.2, -0.15) is 0 Å². The standard InChI is InChI=1S/C22H22N2O2/c1-15-6-4-8-21(16(15)2)24-22(25)18-9-11-20(12-10-18)26-14-19-7-5-13-23-17(19)3/h4-13H,14H2,1-3H3,(H,24,25). The van der Waals surface area contributed by atoms with Crippen molar-refractivity contribution < 1.29 is 9.53 Å². The molecule has 3 rings (SSSR count). The number of rotatable bonds is 5. The topological polar surface area (TPSA) is 51.2 Å². The SMILES string of the molecule is Cc1cccc(NC(=O)c2ccc(OCc3cccnc3C)cc2)c1C. The summed E-state index contributed by atoms with van der Waals surface area (Å²) in [7, 11) is 0. The van der Waals surface area contributed by atoms with E-state index in [1.807, 2.05) is 63.2 Å². The van der Waals surface area contributed by atoms with E-state index in [4.69, 9.17) is 4.74 Å². The molecular weight excluding hydrogens is 324 g/mol. The fourth-order valence-electron chi connectivity index (χ4n) is 2.61. The summed E-state index contributed by atoms with van der Waals surface area (Å²) in [4.78, 5) is 16.7. The van der Waals surface area contributed by atoms with E-state index in [0.29, 0.717) is 12.2 Å². The molecule has 1 aromatic heterocycles. The van der Waals surface area contributed by atoms with E-state index < -0.39 is 0 Å². The third-order valence-electron chi connectivity index (χ3n) is 4.48. The lowest BCUT2D eigenvalue weighted by Gasteiger charge is -2.11. The molecule has 26 heavy (non-hydrogen) atoms. The first kappa shape index (κ1) is 17.7. The summed E-state index contributed by atoms with van der Waals surface area (Å²) in [5, 5.41) is 2.96. The van der Waals surface area contributed by atoms with Gasteiger partial charge in [0.1, 0.15) is 12.4 Å². The molecule has 0 bridgehead atoms. The number of ether oxygens (including phenoxy) is 1. The minimum absolute atomic E-state index is 0.131. The molecular formula is C22H22N2O2. The Morgan fingerprint density at radius 1 is 1.00 bits per heavy atom. The molecule has 0 aliphatic heterocycles. The predicted molar refractivity (Wildman–Crippen MR) is 104 cm³/mol. The van der Waals surface area contributed by atoms with Crippen LogP contribution in [0.2, 0.25) is 0 Å². The highest BCUT2D eigenvalue weighted by Crippen LogP contribution is 2.20. The van der Waals surface area contributed by atoms with E-state index in [1.165, 1.54) is 0 Å². The van der Waals surface area contributed by atoms with Gasteiger partial charge in [0.15, 0.2) is 0 Å². The maximum atomic E-state index is 12.5. The summed E-state index contributed by atoms with van der Waals surface area (Å²) in [5.41, 5.74) is 5.66. The fraction of sp³-hybridized carbons (Fsp3) is 0.182. The van der Waals surface area contributed by atoms with Crippen LogP contribution in [0.4, 0.5) is 5.69 Å². The number of carbonyl (C=O) groups excluding carboxylic acids is 1. The van der Waals surface area contributed by atoms with Gasteiger partial charge in [-0.25, -0.2) is 0 Å². The van der Waals surface area contributed by atoms with Gasteiger partial charge in [-0.15, -0.1) is 0 Å². The molecule has 0 fully saturated rings. The molecule has 4 nitrogen and oxygen atoms in total. The molecule has 1 amide bonds. The van der Waals surface area contributed by atoms with Gasteiger partial charge in [-0.1, -0.05) is 18.2 Å². The second-order valence-electron chi connectivity index (χ2n) is 6.26. The number of pyridine rings is 1. The van der Waals surface area contributed by atoms with E-state index in [9.17, 15) is 4.79 Å². The Balaban J connectivity index is 1.64. The van der Waals surface area contributed by atoms with Gasteiger partial charge in [0, 0.05) is 28.7 Å². The smallest absolute Gasteiger partial charge is 0.255 e. The van der Waals surface area contributed by atoms with E-state index in [2.05, 4.69) is 10.3 Å². The Labute approximate surface area is 153 Å². The van der Waals surface area contributed by atoms with Crippen LogP contribution < -0.4 is 10.1 Å². The van der Waals surface area contributed by atoms with Crippen LogP contribution in [-0.2, 0) is 6.61 Å². The first-order chi connectivity index (χ1) is 12.5. The molecule has 4 heteroatoms. The Bertz CT molecular complexity index is 918. The van der Waals surface area contributed by atoms with Gasteiger partial charge in [0.2, 0.25) is 0 Å². The average Bonchev–Trinajstić information content (AvgIpc) is 2.65. The highest BCUT2D eigenvalue weighted by atomic mass is 16.5. The van der Waals surface area contributed by atoms with Crippen molar-refractivity contribution in [2.75, 3.05) is 5.32 Å². The number of nitrogens with zero attached hydrogens (tertiary/aromatic N) is 1. The van der Waals surface area contributed by atoms with Crippen molar-refractivity contribution in [2.45, 2.75) is 27.4 Å². The average molecular weight is 346 g/mol. The number of aromatic nitrogens is 1. The van der Waals surface area contributed by atoms with Crippen LogP contribution in [-0.4, -0.2) is 10.9 Å². The van der Waals surface area contributed by atoms with Gasteiger partial charge < -0.3 is 10.1 Å². The van der Waals surface area contributed by atoms with E-state index in [-0.39, 0.29) is 5.91 Å². The number of carbonyl (C=O) groups is 1. The minimum atomic E-state index is -0.131. The molecule has 0 spiro atoms. The number of benzene rings is 2. The van der Waals surface area contributed by atoms with Crippen LogP contribution in [0, 0.1) is 20.8 Å². The third-order valence-corrected chi connectivity index (χ3v) is 4.48. The quantitative estimate of drug-likeness (QED) is 0.719. The van der Waals surface area contributed by atoms with Gasteiger partial charge in [-0.3, -0.25) is 9.78 Å². The summed E-state index contributed by atoms with van der Waals surface area (Å²) in [6, 6.07) is 16.9. The molecule has 0 saturated heterocycles. The molecule has 1 N–H and O–H groups in total. The van der Waals surface area contributed by atoms with E-state index in [1.54, 1.807) is 18.3 Å². The Hall–Kier alpha value is -3.14. The lowest BCUT2D eigenvalue weighted by atomic mass is 10.1. The molecule has 132 valence electrons. The highest BCUT2D eigenvalue weighted by Gasteiger charge is 2.09. The Morgan fingerprint density at radius 3 is 2.50 bits per heavy atom. The predicted octanol–water partition coefficient (Wildman–Crippen LogP) is 4.84. The molecule has 1 heterocycles. The number of hydrogen-bond acceptors (Lipinski definition) is 3. The first-order valence-electron chi connectivity index (χ1n) is 8.55. The molecule has 0 atom stereocenters. The second-order valence-corrected chi connectivity index (χ2v) is 6.26. The summed E-state index contributed by atoms with van der Waals surface area (Å²) in [5.74, 6) is 0.588. The van der Waals surface area contributed by atoms with Crippen LogP contribution >= 0.6 is 0 Å². The number of amides is 1. The lowest BCUT2D eigenvalue weighted by molar-refractivity contribution is 0.102. The molecule has 3 aromatic rings. The lowest BCUT2D eigenvalue weighted by Crippen LogP contribution is -2.13. The van der Waals surface area contributed by atoms with Crippen molar-refractivity contribution in [1.82, 2.24) is 4.98 Å². The van der Waals surface area contributed by atoms with Crippen LogP contribution in [0.5, 0.6) is 5.75 Å². The van der Waals surface area contributed by atoms with Gasteiger partial charge in [0.05, 0.1) is 0 Å². The van der Waals surface area contributed by atoms with E-state index >= 15 is 0 Å². The maximum Gasteiger partial charge on any atom is 0.255 e. The Morgan fingerprint density at radius 2 is 1.77 bits per heavy atom. The highest BCUT2D eigenvalue weighted by molar-refractivity contribution is 6.04. The summed E-state index contributed by atoms with van der Waals surface area (Å²) in [6.07, 6.45) is 1.77. The minimum Gasteiger partial charge on any atom is -0.489 e. The van der Waals surface area contributed by atoms with Crippen molar-refractivity contribution in [1.29, 1.82) is 0 Å². The zero-order valence-electron chi connectivity index (χ0n) is 15.2. The van der Waals surface area contributed by atoms with Crippen molar-refractivity contribution in [3.05, 3.63) is 88.7 Å². The molecule has 0 unspecified atom stereocenters. The van der Waals surface area contributed by atoms with Crippen molar-refractivity contribution in [2.24, 2.45) is 0 Å². The van der Waals surface area contributed by atoms with Gasteiger partial charge in [0.25, 0.3) is 5.91 Å². The molecule has 0 saturated carbocycles. The van der Waals surface area contributed by atoms with Crippen molar-refractivity contribution >= 4 is 11.6 Å². The normalized spacial score (nSPS) is 10.4. The first-order valence-corrected chi connectivity index (χ1v) is 8.55. The summed E-state index contributed by atoms with van der Waals surface area (Å²) >= 11 is 0. The molecule has 2 aromatic carbocycles. The van der Waals surface area contributed by atoms with Crippen LogP contribution in [0.25, 0.3) is 0 Å². The second kappa shape index (κ2) is 7.83. The number of anilines is 1.